The van der Waals surface area contributed by atoms with E-state index in [1.165, 1.54) is 6.20 Å². The van der Waals surface area contributed by atoms with Crippen LogP contribution in [-0.4, -0.2) is 17.3 Å². The summed E-state index contributed by atoms with van der Waals surface area (Å²) in [6, 6.07) is 13.5. The van der Waals surface area contributed by atoms with Gasteiger partial charge in [0.15, 0.2) is 17.3 Å². The van der Waals surface area contributed by atoms with Gasteiger partial charge in [-0.05, 0) is 6.07 Å². The molecule has 2 aromatic rings. The number of carbonyl (C=O) groups is 3. The number of nitrogens with one attached hydrogen (secondary N) is 1. The maximum absolute atomic E-state index is 12.9. The van der Waals surface area contributed by atoms with Gasteiger partial charge in [0.25, 0.3) is 0 Å². The molecule has 0 aromatic heterocycles. The van der Waals surface area contributed by atoms with E-state index >= 15 is 0 Å². The second-order valence-corrected chi connectivity index (χ2v) is 7.33. The predicted molar refractivity (Wildman–Crippen MR) is 102 cm³/mol. The zero-order valence-electron chi connectivity index (χ0n) is 15.3. The number of rotatable bonds is 3. The van der Waals surface area contributed by atoms with E-state index in [9.17, 15) is 19.6 Å². The van der Waals surface area contributed by atoms with Gasteiger partial charge in [0.05, 0.1) is 11.3 Å². The Balaban J connectivity index is 2.05. The molecule has 0 bridgehead atoms. The molecule has 3 rings (SSSR count). The number of benzene rings is 2. The summed E-state index contributed by atoms with van der Waals surface area (Å²) in [6.07, 6.45) is 1.29. The largest absolute Gasteiger partial charge is 0.360 e. The highest BCUT2D eigenvalue weighted by Gasteiger charge is 2.31. The van der Waals surface area contributed by atoms with Crippen LogP contribution < -0.4 is 5.32 Å². The number of allylic oxidation sites excluding steroid dienone is 1. The summed E-state index contributed by atoms with van der Waals surface area (Å²) in [4.78, 5) is 38.0. The molecule has 1 N–H and O–H groups in total. The van der Waals surface area contributed by atoms with Gasteiger partial charge >= 0.3 is 0 Å². The third-order valence-electron chi connectivity index (χ3n) is 4.37. The smallest absolute Gasteiger partial charge is 0.196 e. The van der Waals surface area contributed by atoms with Gasteiger partial charge < -0.3 is 5.32 Å². The molecule has 0 fully saturated rings. The molecule has 1 aliphatic rings. The van der Waals surface area contributed by atoms with Crippen molar-refractivity contribution in [2.75, 3.05) is 5.32 Å². The van der Waals surface area contributed by atoms with Crippen LogP contribution in [0.1, 0.15) is 52.6 Å². The third kappa shape index (κ3) is 3.18. The van der Waals surface area contributed by atoms with Crippen molar-refractivity contribution in [1.82, 2.24) is 0 Å². The molecule has 5 heteroatoms. The molecule has 2 aromatic carbocycles. The van der Waals surface area contributed by atoms with Crippen LogP contribution in [-0.2, 0) is 4.79 Å². The fourth-order valence-electron chi connectivity index (χ4n) is 2.97. The van der Waals surface area contributed by atoms with Crippen molar-refractivity contribution in [2.24, 2.45) is 5.41 Å². The summed E-state index contributed by atoms with van der Waals surface area (Å²) >= 11 is 0. The first-order valence-electron chi connectivity index (χ1n) is 8.48. The number of hydrogen-bond donors (Lipinski definition) is 1. The average Bonchev–Trinajstić information content (AvgIpc) is 2.65. The molecule has 0 radical (unpaired) electrons. The van der Waals surface area contributed by atoms with Crippen LogP contribution in [0.15, 0.2) is 54.2 Å². The lowest BCUT2D eigenvalue weighted by Crippen LogP contribution is -2.23. The minimum Gasteiger partial charge on any atom is -0.360 e. The van der Waals surface area contributed by atoms with Crippen molar-refractivity contribution in [3.05, 3.63) is 76.5 Å². The van der Waals surface area contributed by atoms with E-state index in [4.69, 9.17) is 0 Å². The highest BCUT2D eigenvalue weighted by atomic mass is 16.1. The fourth-order valence-corrected chi connectivity index (χ4v) is 2.97. The molecule has 27 heavy (non-hydrogen) atoms. The van der Waals surface area contributed by atoms with Gasteiger partial charge in [-0.1, -0.05) is 57.2 Å². The van der Waals surface area contributed by atoms with Crippen LogP contribution in [0.5, 0.6) is 0 Å². The minimum absolute atomic E-state index is 0.0462. The zero-order chi connectivity index (χ0) is 19.8. The summed E-state index contributed by atoms with van der Waals surface area (Å²) in [6.45, 7) is 5.18. The van der Waals surface area contributed by atoms with Crippen molar-refractivity contribution in [3.8, 4) is 6.07 Å². The van der Waals surface area contributed by atoms with Crippen LogP contribution in [0.3, 0.4) is 0 Å². The van der Waals surface area contributed by atoms with Crippen molar-refractivity contribution in [1.29, 1.82) is 5.26 Å². The minimum atomic E-state index is -0.704. The van der Waals surface area contributed by atoms with Gasteiger partial charge in [0.1, 0.15) is 11.6 Å². The molecule has 0 saturated carbocycles. The first-order chi connectivity index (χ1) is 12.8. The Labute approximate surface area is 157 Å². The van der Waals surface area contributed by atoms with E-state index in [0.29, 0.717) is 22.4 Å². The molecule has 0 saturated heterocycles. The summed E-state index contributed by atoms with van der Waals surface area (Å²) in [7, 11) is 0. The van der Waals surface area contributed by atoms with E-state index in [0.717, 1.165) is 0 Å². The maximum atomic E-state index is 12.9. The van der Waals surface area contributed by atoms with Crippen LogP contribution in [0.25, 0.3) is 0 Å². The monoisotopic (exact) mass is 358 g/mol. The number of anilines is 1. The van der Waals surface area contributed by atoms with Crippen LogP contribution in [0.2, 0.25) is 0 Å². The van der Waals surface area contributed by atoms with Crippen LogP contribution >= 0.6 is 0 Å². The molecule has 1 aliphatic carbocycles. The summed E-state index contributed by atoms with van der Waals surface area (Å²) in [5.41, 5.74) is 0.910. The Bertz CT molecular complexity index is 1050. The van der Waals surface area contributed by atoms with E-state index in [1.807, 2.05) is 6.07 Å². The Kier molecular flexibility index (Phi) is 4.50. The van der Waals surface area contributed by atoms with Crippen LogP contribution in [0, 0.1) is 16.7 Å². The summed E-state index contributed by atoms with van der Waals surface area (Å²) in [5, 5.41) is 12.2. The highest BCUT2D eigenvalue weighted by Crippen LogP contribution is 2.32. The third-order valence-corrected chi connectivity index (χ3v) is 4.37. The van der Waals surface area contributed by atoms with Crippen molar-refractivity contribution >= 4 is 23.0 Å². The molecule has 0 heterocycles. The van der Waals surface area contributed by atoms with Gasteiger partial charge in [-0.25, -0.2) is 0 Å². The van der Waals surface area contributed by atoms with E-state index < -0.39 is 5.41 Å². The van der Waals surface area contributed by atoms with Gasteiger partial charge in [0, 0.05) is 28.3 Å². The number of Topliss-reactive ketones (excluding diaryl/α,β-unsaturated/α-hetero) is 1. The number of hydrogen-bond acceptors (Lipinski definition) is 5. The van der Waals surface area contributed by atoms with Gasteiger partial charge in [0.2, 0.25) is 0 Å². The van der Waals surface area contributed by atoms with Gasteiger partial charge in [-0.3, -0.25) is 14.4 Å². The number of fused-ring (bicyclic) bond motifs is 2. The number of nitrogens with zero attached hydrogens (tertiary/aromatic N) is 1. The topological polar surface area (TPSA) is 87.0 Å². The molecule has 0 spiro atoms. The predicted octanol–water partition coefficient (Wildman–Crippen LogP) is 3.90. The number of ketones is 3. The van der Waals surface area contributed by atoms with Crippen LogP contribution in [0.4, 0.5) is 5.69 Å². The molecule has 0 unspecified atom stereocenters. The molecule has 0 aliphatic heterocycles. The Morgan fingerprint density at radius 1 is 0.963 bits per heavy atom. The van der Waals surface area contributed by atoms with E-state index in [2.05, 4.69) is 5.32 Å². The van der Waals surface area contributed by atoms with E-state index in [-0.39, 0.29) is 28.5 Å². The van der Waals surface area contributed by atoms with Crippen molar-refractivity contribution < 1.29 is 14.4 Å². The lowest BCUT2D eigenvalue weighted by atomic mass is 9.83. The Hall–Kier alpha value is -3.52. The standard InChI is InChI=1S/C22H18N2O3/c1-22(2,3)21(27)13(11-23)12-24-17-10-6-9-16-18(17)20(26)15-8-5-4-7-14(15)19(16)25/h4-10,12,24H,1-3H3. The molecule has 134 valence electrons. The first kappa shape index (κ1) is 18.3. The molecule has 0 atom stereocenters. The second kappa shape index (κ2) is 6.65. The first-order valence-corrected chi connectivity index (χ1v) is 8.48. The quantitative estimate of drug-likeness (QED) is 0.567. The van der Waals surface area contributed by atoms with Crippen molar-refractivity contribution in [3.63, 3.8) is 0 Å². The summed E-state index contributed by atoms with van der Waals surface area (Å²) < 4.78 is 0. The second-order valence-electron chi connectivity index (χ2n) is 7.33. The molecule has 0 amide bonds. The zero-order valence-corrected chi connectivity index (χ0v) is 15.3. The molecule has 5 nitrogen and oxygen atoms in total. The van der Waals surface area contributed by atoms with Crippen molar-refractivity contribution in [2.45, 2.75) is 20.8 Å². The molecular formula is C22H18N2O3. The lowest BCUT2D eigenvalue weighted by Gasteiger charge is -2.20. The van der Waals surface area contributed by atoms with Gasteiger partial charge in [-0.15, -0.1) is 0 Å². The average molecular weight is 358 g/mol. The highest BCUT2D eigenvalue weighted by molar-refractivity contribution is 6.30. The Morgan fingerprint density at radius 3 is 2.15 bits per heavy atom. The maximum Gasteiger partial charge on any atom is 0.196 e. The number of nitriles is 1. The summed E-state index contributed by atoms with van der Waals surface area (Å²) in [5.74, 6) is -0.800. The SMILES string of the molecule is CC(C)(C)C(=O)C(C#N)=CNc1cccc2c1C(=O)c1ccccc1C2=O. The number of carbonyl (C=O) groups excluding carboxylic acids is 3. The molecular weight excluding hydrogens is 340 g/mol. The normalized spacial score (nSPS) is 13.5. The fraction of sp³-hybridized carbons (Fsp3) is 0.182. The Morgan fingerprint density at radius 2 is 1.56 bits per heavy atom. The van der Waals surface area contributed by atoms with Gasteiger partial charge in [-0.2, -0.15) is 5.26 Å². The lowest BCUT2D eigenvalue weighted by molar-refractivity contribution is -0.122. The van der Waals surface area contributed by atoms with E-state index in [1.54, 1.807) is 63.2 Å².